The third-order valence-corrected chi connectivity index (χ3v) is 2.55. The van der Waals surface area contributed by atoms with Gasteiger partial charge in [-0.2, -0.15) is 0 Å². The Kier molecular flexibility index (Phi) is 3.70. The summed E-state index contributed by atoms with van der Waals surface area (Å²) in [4.78, 5) is 11.1. The summed E-state index contributed by atoms with van der Waals surface area (Å²) < 4.78 is 25.8. The summed E-state index contributed by atoms with van der Waals surface area (Å²) in [6.45, 7) is 1.53. The first kappa shape index (κ1) is 11.7. The van der Waals surface area contributed by atoms with E-state index in [1.54, 1.807) is 0 Å². The first-order chi connectivity index (χ1) is 6.41. The molecule has 0 spiro atoms. The van der Waals surface area contributed by atoms with Gasteiger partial charge < -0.3 is 5.32 Å². The molecule has 5 heteroatoms. The molecule has 2 atom stereocenters. The van der Waals surface area contributed by atoms with E-state index in [1.807, 2.05) is 0 Å². The van der Waals surface area contributed by atoms with Crippen LogP contribution in [0.25, 0.3) is 0 Å². The first-order valence-corrected chi connectivity index (χ1v) is 5.17. The van der Waals surface area contributed by atoms with Crippen LogP contribution < -0.4 is 5.32 Å². The van der Waals surface area contributed by atoms with Gasteiger partial charge in [-0.3, -0.25) is 4.79 Å². The lowest BCUT2D eigenvalue weighted by Crippen LogP contribution is -2.44. The van der Waals surface area contributed by atoms with Gasteiger partial charge in [0.05, 0.1) is 0 Å². The van der Waals surface area contributed by atoms with E-state index >= 15 is 0 Å². The molecule has 1 saturated carbocycles. The molecule has 2 nitrogen and oxygen atoms in total. The van der Waals surface area contributed by atoms with Gasteiger partial charge in [-0.1, -0.05) is 0 Å². The molecule has 0 aromatic heterocycles. The van der Waals surface area contributed by atoms with Gasteiger partial charge in [0.15, 0.2) is 0 Å². The third-order valence-electron chi connectivity index (χ3n) is 2.35. The van der Waals surface area contributed by atoms with Crippen molar-refractivity contribution in [1.29, 1.82) is 0 Å². The Morgan fingerprint density at radius 2 is 2.29 bits per heavy atom. The van der Waals surface area contributed by atoms with Gasteiger partial charge in [0, 0.05) is 18.9 Å². The van der Waals surface area contributed by atoms with Gasteiger partial charge in [-0.25, -0.2) is 8.78 Å². The molecule has 1 rings (SSSR count). The molecule has 2 unspecified atom stereocenters. The summed E-state index contributed by atoms with van der Waals surface area (Å²) in [7, 11) is 0. The molecule has 0 aliphatic heterocycles. The summed E-state index contributed by atoms with van der Waals surface area (Å²) in [6, 6.07) is -0.424. The number of nitrogens with one attached hydrogen (secondary N) is 1. The van der Waals surface area contributed by atoms with E-state index < -0.39 is 17.3 Å². The quantitative estimate of drug-likeness (QED) is 0.718. The number of amides is 1. The molecule has 0 heterocycles. The largest absolute Gasteiger partial charge is 0.352 e. The monoisotopic (exact) mass is 225 g/mol. The second-order valence-corrected chi connectivity index (χ2v) is 4.43. The van der Waals surface area contributed by atoms with Gasteiger partial charge in [-0.05, 0) is 19.8 Å². The van der Waals surface area contributed by atoms with Crippen LogP contribution in [0.1, 0.15) is 32.6 Å². The van der Waals surface area contributed by atoms with Crippen molar-refractivity contribution in [3.63, 3.8) is 0 Å². The molecule has 1 amide bonds. The normalized spacial score (nSPS) is 28.1. The highest BCUT2D eigenvalue weighted by molar-refractivity contribution is 6.30. The first-order valence-electron chi connectivity index (χ1n) is 4.73. The van der Waals surface area contributed by atoms with Crippen molar-refractivity contribution in [3.8, 4) is 0 Å². The Labute approximate surface area is 87.0 Å². The van der Waals surface area contributed by atoms with E-state index in [0.29, 0.717) is 12.8 Å². The highest BCUT2D eigenvalue weighted by Crippen LogP contribution is 2.33. The predicted molar refractivity (Wildman–Crippen MR) is 50.7 cm³/mol. The summed E-state index contributed by atoms with van der Waals surface area (Å²) in [5, 5.41) is 1.86. The van der Waals surface area contributed by atoms with E-state index in [2.05, 4.69) is 5.32 Å². The molecule has 0 aromatic carbocycles. The van der Waals surface area contributed by atoms with Crippen LogP contribution in [0.3, 0.4) is 0 Å². The second kappa shape index (κ2) is 4.43. The van der Waals surface area contributed by atoms with Crippen molar-refractivity contribution in [2.45, 2.75) is 49.9 Å². The molecule has 14 heavy (non-hydrogen) atoms. The zero-order valence-electron chi connectivity index (χ0n) is 8.03. The fourth-order valence-corrected chi connectivity index (χ4v) is 1.67. The fourth-order valence-electron chi connectivity index (χ4n) is 1.61. The summed E-state index contributed by atoms with van der Waals surface area (Å²) in [5.41, 5.74) is 0. The smallest absolute Gasteiger partial charge is 0.250 e. The number of alkyl halides is 3. The Morgan fingerprint density at radius 3 is 2.79 bits per heavy atom. The molecule has 0 bridgehead atoms. The van der Waals surface area contributed by atoms with Crippen molar-refractivity contribution >= 4 is 17.5 Å². The molecule has 82 valence electrons. The molecule has 0 saturated heterocycles. The van der Waals surface area contributed by atoms with Crippen molar-refractivity contribution < 1.29 is 13.6 Å². The minimum atomic E-state index is -2.63. The van der Waals surface area contributed by atoms with Gasteiger partial charge in [0.25, 0.3) is 0 Å². The molecule has 1 N–H and O–H groups in total. The van der Waals surface area contributed by atoms with Crippen LogP contribution in [0.2, 0.25) is 0 Å². The highest BCUT2D eigenvalue weighted by atomic mass is 35.5. The Hall–Kier alpha value is -0.380. The molecule has 1 fully saturated rings. The fraction of sp³-hybridized carbons (Fsp3) is 0.889. The lowest BCUT2D eigenvalue weighted by Gasteiger charge is -2.29. The van der Waals surface area contributed by atoms with Crippen LogP contribution >= 0.6 is 11.6 Å². The molecular weight excluding hydrogens is 212 g/mol. The Balaban J connectivity index is 2.42. The van der Waals surface area contributed by atoms with Gasteiger partial charge >= 0.3 is 0 Å². The molecular formula is C9H14ClF2NO. The maximum Gasteiger partial charge on any atom is 0.250 e. The van der Waals surface area contributed by atoms with Crippen LogP contribution in [0, 0.1) is 0 Å². The topological polar surface area (TPSA) is 29.1 Å². The minimum Gasteiger partial charge on any atom is -0.352 e. The summed E-state index contributed by atoms with van der Waals surface area (Å²) in [6.07, 6.45) is 0.734. The third kappa shape index (κ3) is 3.40. The van der Waals surface area contributed by atoms with Crippen LogP contribution in [0.15, 0.2) is 0 Å². The second-order valence-electron chi connectivity index (χ2n) is 3.77. The van der Waals surface area contributed by atoms with Crippen molar-refractivity contribution in [2.24, 2.45) is 0 Å². The standard InChI is InChI=1S/C9H14ClF2NO/c1-6(10)8(14)13-7-3-2-4-9(11,12)5-7/h6-7H,2-5H2,1H3,(H,13,14). The van der Waals surface area contributed by atoms with Gasteiger partial charge in [0.1, 0.15) is 5.38 Å². The van der Waals surface area contributed by atoms with Crippen LogP contribution in [-0.4, -0.2) is 23.2 Å². The average molecular weight is 226 g/mol. The zero-order chi connectivity index (χ0) is 10.8. The summed E-state index contributed by atoms with van der Waals surface area (Å²) in [5.74, 6) is -3.00. The number of carbonyl (C=O) groups is 1. The van der Waals surface area contributed by atoms with E-state index in [-0.39, 0.29) is 18.7 Å². The summed E-state index contributed by atoms with van der Waals surface area (Å²) >= 11 is 5.52. The lowest BCUT2D eigenvalue weighted by atomic mass is 9.92. The maximum atomic E-state index is 12.9. The van der Waals surface area contributed by atoms with Crippen LogP contribution in [0.4, 0.5) is 8.78 Å². The predicted octanol–water partition coefficient (Wildman–Crippen LogP) is 2.31. The highest BCUT2D eigenvalue weighted by Gasteiger charge is 2.36. The number of hydrogen-bond donors (Lipinski definition) is 1. The van der Waals surface area contributed by atoms with Crippen LogP contribution in [0.5, 0.6) is 0 Å². The number of hydrogen-bond acceptors (Lipinski definition) is 1. The SMILES string of the molecule is CC(Cl)C(=O)NC1CCCC(F)(F)C1. The zero-order valence-corrected chi connectivity index (χ0v) is 8.78. The van der Waals surface area contributed by atoms with Crippen molar-refractivity contribution in [1.82, 2.24) is 5.32 Å². The van der Waals surface area contributed by atoms with E-state index in [4.69, 9.17) is 11.6 Å². The molecule has 1 aliphatic rings. The Bertz CT molecular complexity index is 221. The van der Waals surface area contributed by atoms with Crippen LogP contribution in [-0.2, 0) is 4.79 Å². The average Bonchev–Trinajstić information content (AvgIpc) is 2.01. The van der Waals surface area contributed by atoms with Crippen molar-refractivity contribution in [3.05, 3.63) is 0 Å². The molecule has 1 aliphatic carbocycles. The van der Waals surface area contributed by atoms with Gasteiger partial charge in [-0.15, -0.1) is 11.6 Å². The Morgan fingerprint density at radius 1 is 1.64 bits per heavy atom. The maximum absolute atomic E-state index is 12.9. The van der Waals surface area contributed by atoms with E-state index in [9.17, 15) is 13.6 Å². The lowest BCUT2D eigenvalue weighted by molar-refractivity contribution is -0.122. The van der Waals surface area contributed by atoms with Crippen molar-refractivity contribution in [2.75, 3.05) is 0 Å². The number of halogens is 3. The van der Waals surface area contributed by atoms with E-state index in [1.165, 1.54) is 6.92 Å². The molecule has 0 aromatic rings. The molecule has 0 radical (unpaired) electrons. The van der Waals surface area contributed by atoms with E-state index in [0.717, 1.165) is 0 Å². The number of carbonyl (C=O) groups excluding carboxylic acids is 1. The number of rotatable bonds is 2. The minimum absolute atomic E-state index is 0.0736. The van der Waals surface area contributed by atoms with Gasteiger partial charge in [0.2, 0.25) is 11.8 Å².